The highest BCUT2D eigenvalue weighted by atomic mass is 32.1. The number of aryl methyl sites for hydroxylation is 1. The monoisotopic (exact) mass is 416 g/mol. The van der Waals surface area contributed by atoms with Gasteiger partial charge in [0.05, 0.1) is 22.2 Å². The summed E-state index contributed by atoms with van der Waals surface area (Å²) in [5, 5.41) is 18.3. The van der Waals surface area contributed by atoms with Crippen LogP contribution in [0.3, 0.4) is 0 Å². The molecule has 0 fully saturated rings. The number of benzene rings is 1. The Morgan fingerprint density at radius 2 is 2.04 bits per heavy atom. The Morgan fingerprint density at radius 1 is 1.25 bits per heavy atom. The number of anilines is 3. The molecular weight excluding hydrogens is 396 g/mol. The van der Waals surface area contributed by atoms with Gasteiger partial charge in [-0.2, -0.15) is 0 Å². The van der Waals surface area contributed by atoms with Gasteiger partial charge in [0.15, 0.2) is 10.3 Å². The molecule has 0 aliphatic rings. The van der Waals surface area contributed by atoms with E-state index in [1.165, 1.54) is 29.6 Å². The summed E-state index contributed by atoms with van der Waals surface area (Å²) in [5.74, 6) is -1.40. The molecule has 28 heavy (non-hydrogen) atoms. The zero-order chi connectivity index (χ0) is 20.3. The van der Waals surface area contributed by atoms with E-state index in [-0.39, 0.29) is 5.91 Å². The van der Waals surface area contributed by atoms with Crippen LogP contribution in [0.15, 0.2) is 29.6 Å². The molecule has 3 aromatic rings. The molecule has 1 atom stereocenters. The number of hydrogen-bond acceptors (Lipinski definition) is 7. The molecule has 3 N–H and O–H groups in total. The van der Waals surface area contributed by atoms with Crippen LogP contribution < -0.4 is 10.6 Å². The highest BCUT2D eigenvalue weighted by Gasteiger charge is 2.15. The third-order valence-electron chi connectivity index (χ3n) is 3.96. The second-order valence-electron chi connectivity index (χ2n) is 6.42. The number of aromatic nitrogens is 2. The van der Waals surface area contributed by atoms with Crippen molar-refractivity contribution in [2.24, 2.45) is 5.92 Å². The maximum Gasteiger partial charge on any atom is 0.306 e. The van der Waals surface area contributed by atoms with Gasteiger partial charge < -0.3 is 15.7 Å². The lowest BCUT2D eigenvalue weighted by molar-refractivity contribution is -0.141. The molecule has 0 saturated carbocycles. The van der Waals surface area contributed by atoms with Crippen LogP contribution in [0, 0.1) is 12.8 Å². The normalized spacial score (nSPS) is 11.8. The van der Waals surface area contributed by atoms with Crippen molar-refractivity contribution in [2.45, 2.75) is 27.2 Å². The van der Waals surface area contributed by atoms with Gasteiger partial charge in [-0.05, 0) is 31.0 Å². The van der Waals surface area contributed by atoms with Crippen LogP contribution in [-0.2, 0) is 16.0 Å². The number of rotatable bonds is 7. The molecule has 146 valence electrons. The van der Waals surface area contributed by atoms with Crippen LogP contribution in [0.2, 0.25) is 0 Å². The number of nitrogens with one attached hydrogen (secondary N) is 2. The molecule has 2 aromatic heterocycles. The van der Waals surface area contributed by atoms with E-state index in [9.17, 15) is 9.59 Å². The van der Waals surface area contributed by atoms with E-state index < -0.39 is 11.9 Å². The molecule has 9 heteroatoms. The summed E-state index contributed by atoms with van der Waals surface area (Å²) in [7, 11) is 0. The first-order valence-electron chi connectivity index (χ1n) is 8.61. The zero-order valence-corrected chi connectivity index (χ0v) is 17.3. The van der Waals surface area contributed by atoms with Gasteiger partial charge in [0.2, 0.25) is 5.91 Å². The summed E-state index contributed by atoms with van der Waals surface area (Å²) in [4.78, 5) is 32.2. The van der Waals surface area contributed by atoms with E-state index in [1.54, 1.807) is 6.92 Å². The van der Waals surface area contributed by atoms with Gasteiger partial charge in [0, 0.05) is 18.0 Å². The van der Waals surface area contributed by atoms with Crippen LogP contribution in [0.1, 0.15) is 25.1 Å². The van der Waals surface area contributed by atoms with E-state index in [2.05, 4.69) is 20.6 Å². The summed E-state index contributed by atoms with van der Waals surface area (Å²) >= 11 is 2.86. The lowest BCUT2D eigenvalue weighted by Gasteiger charge is -2.08. The first kappa shape index (κ1) is 20.0. The largest absolute Gasteiger partial charge is 0.481 e. The predicted molar refractivity (Wildman–Crippen MR) is 112 cm³/mol. The van der Waals surface area contributed by atoms with Gasteiger partial charge in [-0.25, -0.2) is 9.97 Å². The lowest BCUT2D eigenvalue weighted by Crippen LogP contribution is -2.12. The number of nitrogens with zero attached hydrogens (tertiary/aromatic N) is 2. The van der Waals surface area contributed by atoms with Gasteiger partial charge in [0.25, 0.3) is 0 Å². The number of carboxylic acids is 1. The van der Waals surface area contributed by atoms with Crippen molar-refractivity contribution in [1.82, 2.24) is 9.97 Å². The van der Waals surface area contributed by atoms with Crippen LogP contribution in [0.4, 0.5) is 16.0 Å². The van der Waals surface area contributed by atoms with E-state index in [4.69, 9.17) is 5.11 Å². The fourth-order valence-corrected chi connectivity index (χ4v) is 4.38. The molecule has 0 aliphatic heterocycles. The molecule has 1 unspecified atom stereocenters. The first-order chi connectivity index (χ1) is 13.3. The molecule has 0 bridgehead atoms. The third kappa shape index (κ3) is 4.93. The lowest BCUT2D eigenvalue weighted by atomic mass is 10.0. The van der Waals surface area contributed by atoms with Crippen LogP contribution >= 0.6 is 22.7 Å². The van der Waals surface area contributed by atoms with Crippen molar-refractivity contribution in [2.75, 3.05) is 10.6 Å². The summed E-state index contributed by atoms with van der Waals surface area (Å²) in [5.41, 5.74) is 3.43. The summed E-state index contributed by atoms with van der Waals surface area (Å²) in [6.07, 6.45) is 0.472. The van der Waals surface area contributed by atoms with Crippen molar-refractivity contribution in [3.63, 3.8) is 0 Å². The molecule has 1 aromatic carbocycles. The fraction of sp³-hybridized carbons (Fsp3) is 0.263. The van der Waals surface area contributed by atoms with E-state index in [0.29, 0.717) is 11.6 Å². The molecule has 2 heterocycles. The number of carbonyl (C=O) groups excluding carboxylic acids is 1. The van der Waals surface area contributed by atoms with Gasteiger partial charge >= 0.3 is 5.97 Å². The quantitative estimate of drug-likeness (QED) is 0.522. The number of hydrogen-bond donors (Lipinski definition) is 3. The predicted octanol–water partition coefficient (Wildman–Crippen LogP) is 4.54. The minimum Gasteiger partial charge on any atom is -0.481 e. The Balaban J connectivity index is 1.74. The van der Waals surface area contributed by atoms with Crippen LogP contribution in [-0.4, -0.2) is 27.0 Å². The molecule has 0 saturated heterocycles. The molecule has 0 spiro atoms. The van der Waals surface area contributed by atoms with Crippen molar-refractivity contribution < 1.29 is 14.7 Å². The van der Waals surface area contributed by atoms with E-state index in [1.807, 2.05) is 36.6 Å². The SMILES string of the molecule is CC(=O)Nc1nc(C)c(-c2csc(Nc3cccc(CC(C)C(=O)O)c3)n2)s1. The molecular formula is C19H20N4O3S2. The highest BCUT2D eigenvalue weighted by Crippen LogP contribution is 2.35. The highest BCUT2D eigenvalue weighted by molar-refractivity contribution is 7.20. The number of thiazole rings is 2. The van der Waals surface area contributed by atoms with E-state index >= 15 is 0 Å². The van der Waals surface area contributed by atoms with Crippen LogP contribution in [0.25, 0.3) is 10.6 Å². The molecule has 1 amide bonds. The Labute approximate surface area is 170 Å². The molecule has 0 radical (unpaired) electrons. The van der Waals surface area contributed by atoms with Gasteiger partial charge in [-0.15, -0.1) is 11.3 Å². The molecule has 3 rings (SSSR count). The Hall–Kier alpha value is -2.78. The number of carboxylic acid groups (broad SMARTS) is 1. The standard InChI is InChI=1S/C19H20N4O3S2/c1-10(17(25)26)7-13-5-4-6-14(8-13)22-18-23-15(9-27-18)16-11(2)20-19(28-16)21-12(3)24/h4-6,8-10H,7H2,1-3H3,(H,22,23)(H,25,26)(H,20,21,24). The van der Waals surface area contributed by atoms with Crippen LogP contribution in [0.5, 0.6) is 0 Å². The minimum atomic E-state index is -0.804. The van der Waals surface area contributed by atoms with Crippen molar-refractivity contribution in [1.29, 1.82) is 0 Å². The van der Waals surface area contributed by atoms with Gasteiger partial charge in [-0.3, -0.25) is 9.59 Å². The average Bonchev–Trinajstić information content (AvgIpc) is 3.20. The second kappa shape index (κ2) is 8.49. The van der Waals surface area contributed by atoms with Crippen molar-refractivity contribution in [3.05, 3.63) is 40.9 Å². The Bertz CT molecular complexity index is 1010. The summed E-state index contributed by atoms with van der Waals surface area (Å²) in [6.45, 7) is 5.03. The number of aliphatic carboxylic acids is 1. The van der Waals surface area contributed by atoms with Crippen molar-refractivity contribution in [3.8, 4) is 10.6 Å². The van der Waals surface area contributed by atoms with Gasteiger partial charge in [0.1, 0.15) is 0 Å². The van der Waals surface area contributed by atoms with Gasteiger partial charge in [-0.1, -0.05) is 30.4 Å². The average molecular weight is 417 g/mol. The molecule has 0 aliphatic carbocycles. The fourth-order valence-electron chi connectivity index (χ4n) is 2.61. The first-order valence-corrected chi connectivity index (χ1v) is 10.3. The van der Waals surface area contributed by atoms with E-state index in [0.717, 1.165) is 32.6 Å². The Morgan fingerprint density at radius 3 is 2.75 bits per heavy atom. The molecule has 7 nitrogen and oxygen atoms in total. The zero-order valence-electron chi connectivity index (χ0n) is 15.6. The Kier molecular flexibility index (Phi) is 6.05. The second-order valence-corrected chi connectivity index (χ2v) is 8.28. The minimum absolute atomic E-state index is 0.155. The maximum atomic E-state index is 11.2. The van der Waals surface area contributed by atoms with Crippen molar-refractivity contribution >= 4 is 50.5 Å². The summed E-state index contributed by atoms with van der Waals surface area (Å²) in [6, 6.07) is 7.67. The smallest absolute Gasteiger partial charge is 0.306 e. The maximum absolute atomic E-state index is 11.2. The third-order valence-corrected chi connectivity index (χ3v) is 5.81. The summed E-state index contributed by atoms with van der Waals surface area (Å²) < 4.78 is 0. The number of amides is 1. The topological polar surface area (TPSA) is 104 Å². The number of carbonyl (C=O) groups is 2.